The molecule has 408 valence electrons. The lowest BCUT2D eigenvalue weighted by Crippen LogP contribution is -2.45. The van der Waals surface area contributed by atoms with Crippen molar-refractivity contribution >= 4 is 65.2 Å². The Hall–Kier alpha value is -4.62. The van der Waals surface area contributed by atoms with Crippen LogP contribution in [-0.4, -0.2) is 163 Å². The lowest BCUT2D eigenvalue weighted by atomic mass is 9.99. The van der Waals surface area contributed by atoms with Gasteiger partial charge in [0.2, 0.25) is 11.7 Å². The number of fused-ring (bicyclic) bond motifs is 2. The van der Waals surface area contributed by atoms with Crippen LogP contribution >= 0.6 is 31.1 Å². The van der Waals surface area contributed by atoms with Crippen LogP contribution in [0.1, 0.15) is 18.7 Å². The molecule has 13 N–H and O–H groups in total. The van der Waals surface area contributed by atoms with Crippen LogP contribution in [0.2, 0.25) is 0 Å². The smallest absolute Gasteiger partial charge is 0.480 e. The molecule has 0 spiro atoms. The van der Waals surface area contributed by atoms with Gasteiger partial charge >= 0.3 is 34.7 Å². The van der Waals surface area contributed by atoms with Crippen molar-refractivity contribution in [1.82, 2.24) is 48.5 Å². The number of aromatic nitrogens is 10. The van der Waals surface area contributed by atoms with Gasteiger partial charge in [-0.15, -0.1) is 4.86 Å². The molecule has 8 heterocycles. The first-order chi connectivity index (χ1) is 34.7. The summed E-state index contributed by atoms with van der Waals surface area (Å²) in [6.45, 7) is -3.46. The van der Waals surface area contributed by atoms with Crippen LogP contribution in [-0.2, 0) is 71.4 Å². The number of nitrogen functional groups attached to an aromatic ring is 2. The van der Waals surface area contributed by atoms with E-state index < -0.39 is 141 Å². The van der Waals surface area contributed by atoms with Crippen molar-refractivity contribution in [3.8, 4) is 0 Å². The van der Waals surface area contributed by atoms with Crippen molar-refractivity contribution in [2.45, 2.75) is 67.5 Å². The number of methoxy groups -OCH3 is 2. The van der Waals surface area contributed by atoms with E-state index in [9.17, 15) is 67.5 Å². The third-order valence-electron chi connectivity index (χ3n) is 11.6. The third-order valence-corrected chi connectivity index (χ3v) is 17.2. The van der Waals surface area contributed by atoms with Crippen molar-refractivity contribution in [2.75, 3.05) is 52.1 Å². The number of hydrogen-bond acceptors (Lipinski definition) is 27. The largest absolute Gasteiger partial charge is 0.756 e. The number of ether oxygens (including phenoxy) is 5. The number of H-pyrrole nitrogens is 2. The maximum absolute atomic E-state index is 13.5. The third kappa shape index (κ3) is 11.7. The van der Waals surface area contributed by atoms with Crippen molar-refractivity contribution in [1.29, 1.82) is 0 Å². The minimum atomic E-state index is -5.94. The molecular formula is C33H47N13O24P4. The molecule has 74 heavy (non-hydrogen) atoms. The van der Waals surface area contributed by atoms with E-state index >= 15 is 0 Å². The summed E-state index contributed by atoms with van der Waals surface area (Å²) in [5, 5.41) is 32.5. The second-order valence-electron chi connectivity index (χ2n) is 16.4. The van der Waals surface area contributed by atoms with E-state index in [0.29, 0.717) is 0 Å². The number of aliphatic hydroxyl groups is 3. The molecule has 37 nitrogen and oxygen atoms in total. The number of phosphoric acid groups is 2. The average molecular weight is 1130 g/mol. The highest BCUT2D eigenvalue weighted by Crippen LogP contribution is 2.62. The Morgan fingerprint density at radius 2 is 1.54 bits per heavy atom. The van der Waals surface area contributed by atoms with Crippen molar-refractivity contribution in [3.63, 3.8) is 0 Å². The summed E-state index contributed by atoms with van der Waals surface area (Å²) >= 11 is 0. The summed E-state index contributed by atoms with van der Waals surface area (Å²) in [4.78, 5) is 103. The standard InChI is InChI=1S/C33H47N13O24P4/c1-43-12-46(27-19(43)28(51)41-32(35)40-27)29-20(48)13(6-61-2)14(66-29)7-63-71(53,54)42-72(55,56)70-74(59,60)65-9-16-23(24(62-3)31(68-16)45-11-38-18-25(34)36-10-37-26(18)45)69-73(57,58)64-8-15-21(49)22(50)30(67-15)44-5-4-17(47)39-33(44)52/h4-5,10-16,20-24,29-31,48-50H,6-9H2,1-3H3,(H10-,34,35,36,37,39,40,41,42,47,51,52,53,54,55,56,57,58,59,60)/t13-,14-,15-,16-,20-,21-,22-,23-,24-,29-,30-,31-/m1/s1. The molecule has 0 saturated carbocycles. The van der Waals surface area contributed by atoms with Gasteiger partial charge in [-0.2, -0.15) is 4.31 Å². The number of nitrogens with zero attached hydrogens (tertiary/aromatic N) is 8. The van der Waals surface area contributed by atoms with Crippen LogP contribution in [0.25, 0.3) is 22.3 Å². The second-order valence-corrected chi connectivity index (χ2v) is 22.8. The second kappa shape index (κ2) is 21.4. The lowest BCUT2D eigenvalue weighted by Gasteiger charge is -2.31. The maximum atomic E-state index is 13.5. The van der Waals surface area contributed by atoms with Gasteiger partial charge in [-0.3, -0.25) is 46.9 Å². The van der Waals surface area contributed by atoms with Crippen LogP contribution < -0.4 is 42.6 Å². The number of nitrogens with two attached hydrogens (primary N) is 2. The summed E-state index contributed by atoms with van der Waals surface area (Å²) in [5.74, 6) is -1.37. The van der Waals surface area contributed by atoms with Crippen molar-refractivity contribution < 1.29 is 104 Å². The topological polar surface area (TPSA) is 522 Å². The van der Waals surface area contributed by atoms with Gasteiger partial charge in [0, 0.05) is 32.4 Å². The fourth-order valence-corrected chi connectivity index (χ4v) is 13.2. The van der Waals surface area contributed by atoms with Gasteiger partial charge in [0.15, 0.2) is 30.2 Å². The van der Waals surface area contributed by atoms with Gasteiger partial charge in [0.1, 0.15) is 54.6 Å². The summed E-state index contributed by atoms with van der Waals surface area (Å²) in [6, 6.07) is 0.918. The first-order valence-corrected chi connectivity index (χ1v) is 27.3. The highest BCUT2D eigenvalue weighted by molar-refractivity contribution is 7.71. The molecule has 3 fully saturated rings. The van der Waals surface area contributed by atoms with E-state index in [1.807, 2.05) is 4.98 Å². The fraction of sp³-hybridized carbons (Fsp3) is 0.576. The molecule has 0 aromatic carbocycles. The van der Waals surface area contributed by atoms with Gasteiger partial charge in [-0.05, 0) is 0 Å². The van der Waals surface area contributed by atoms with Crippen molar-refractivity contribution in [2.24, 2.45) is 13.0 Å². The minimum Gasteiger partial charge on any atom is -0.756 e. The van der Waals surface area contributed by atoms with Crippen LogP contribution in [0, 0.1) is 5.92 Å². The van der Waals surface area contributed by atoms with Gasteiger partial charge in [-0.25, -0.2) is 38.0 Å². The number of aliphatic hydroxyl groups excluding tert-OH is 3. The van der Waals surface area contributed by atoms with Gasteiger partial charge in [0.05, 0.1) is 45.9 Å². The molecule has 3 aliphatic rings. The quantitative estimate of drug-likeness (QED) is 0.0242. The Bertz CT molecular complexity index is 3270. The molecule has 0 amide bonds. The molecule has 4 unspecified atom stereocenters. The number of hydrogen-bond donors (Lipinski definition) is 11. The fourth-order valence-electron chi connectivity index (χ4n) is 8.32. The number of anilines is 2. The molecule has 3 aliphatic heterocycles. The Morgan fingerprint density at radius 1 is 0.838 bits per heavy atom. The predicted molar refractivity (Wildman–Crippen MR) is 237 cm³/mol. The summed E-state index contributed by atoms with van der Waals surface area (Å²) in [5.41, 5.74) is 9.28. The van der Waals surface area contributed by atoms with E-state index in [4.69, 9.17) is 53.2 Å². The molecular weight excluding hydrogens is 1090 g/mol. The zero-order valence-electron chi connectivity index (χ0n) is 38.2. The number of rotatable bonds is 21. The van der Waals surface area contributed by atoms with Crippen LogP contribution in [0.3, 0.4) is 0 Å². The van der Waals surface area contributed by atoms with E-state index in [0.717, 1.165) is 36.6 Å². The normalized spacial score (nSPS) is 30.6. The van der Waals surface area contributed by atoms with Crippen molar-refractivity contribution in [3.05, 3.63) is 62.4 Å². The average Bonchev–Trinajstić information content (AvgIpc) is 4.10. The van der Waals surface area contributed by atoms with Crippen LogP contribution in [0.4, 0.5) is 11.8 Å². The predicted octanol–water partition coefficient (Wildman–Crippen LogP) is -5.03. The Kier molecular flexibility index (Phi) is 16.1. The summed E-state index contributed by atoms with van der Waals surface area (Å²) in [7, 11) is -19.2. The number of phosphoric ester groups is 2. The van der Waals surface area contributed by atoms with E-state index in [2.05, 4.69) is 29.2 Å². The number of nitrogens with one attached hydrogen (secondary N) is 3. The molecule has 41 heteroatoms. The molecule has 5 aromatic rings. The molecule has 16 atom stereocenters. The minimum absolute atomic E-state index is 0.00161. The lowest BCUT2D eigenvalue weighted by molar-refractivity contribution is -0.745. The summed E-state index contributed by atoms with van der Waals surface area (Å²) < 4.78 is 110. The Labute approximate surface area is 411 Å². The van der Waals surface area contributed by atoms with Crippen LogP contribution in [0.15, 0.2) is 45.6 Å². The Balaban J connectivity index is 0.939. The first-order valence-electron chi connectivity index (χ1n) is 21.2. The van der Waals surface area contributed by atoms with Crippen LogP contribution in [0.5, 0.6) is 0 Å². The molecule has 8 rings (SSSR count). The SMILES string of the molecule is COC[C@H]1[C@@H](O)[C@H]([n+]2cn(C)c3c(=O)[nH]c(N)nc32)O[C@@H]1COP(=O)(O)NP(=O)(O)OP(=O)(O)OC[C@H]1O[C@@H](n2cnc3c(N)ncnc32)[C@H](OC)[C@@H]1OP(=O)([O-])OC[C@H]1O[C@@H](n2ccc(=O)[nH]c2=O)[C@H](O)[C@@H]1O. The molecule has 0 aliphatic carbocycles. The molecule has 5 aromatic heterocycles. The van der Waals surface area contributed by atoms with E-state index in [1.54, 1.807) is 0 Å². The Morgan fingerprint density at radius 3 is 2.24 bits per heavy atom. The van der Waals surface area contributed by atoms with Gasteiger partial charge in [-0.1, -0.05) is 4.98 Å². The highest BCUT2D eigenvalue weighted by atomic mass is 31.3. The first kappa shape index (κ1) is 55.6. The zero-order valence-corrected chi connectivity index (χ0v) is 41.8. The molecule has 3 saturated heterocycles. The van der Waals surface area contributed by atoms with E-state index in [-0.39, 0.29) is 40.7 Å². The number of imidazole rings is 2. The highest BCUT2D eigenvalue weighted by Gasteiger charge is 2.52. The number of aromatic amines is 2. The maximum Gasteiger partial charge on any atom is 0.480 e. The summed E-state index contributed by atoms with van der Waals surface area (Å²) in [6.07, 6.45) is -13.4. The van der Waals surface area contributed by atoms with E-state index in [1.165, 1.54) is 39.0 Å². The molecule has 0 bridgehead atoms. The van der Waals surface area contributed by atoms with Gasteiger partial charge in [0.25, 0.3) is 24.9 Å². The monoisotopic (exact) mass is 1130 g/mol. The zero-order chi connectivity index (χ0) is 53.8. The number of aryl methyl sites for hydroxylation is 1. The van der Waals surface area contributed by atoms with Gasteiger partial charge < -0.3 is 79.1 Å². The molecule has 0 radical (unpaired) electrons.